The van der Waals surface area contributed by atoms with Crippen molar-refractivity contribution in [1.82, 2.24) is 25.1 Å². The number of thioether (sulfide) groups is 1. The zero-order chi connectivity index (χ0) is 14.8. The topological polar surface area (TPSA) is 84.1 Å². The number of aliphatic hydroxyl groups is 1. The third-order valence-electron chi connectivity index (χ3n) is 2.99. The molecule has 0 atom stereocenters. The van der Waals surface area contributed by atoms with E-state index in [9.17, 15) is 9.90 Å². The normalized spacial score (nSPS) is 15.4. The Balaban J connectivity index is 1.88. The first-order valence-electron chi connectivity index (χ1n) is 6.81. The Morgan fingerprint density at radius 3 is 2.80 bits per heavy atom. The fraction of sp³-hybridized carbons (Fsp3) is 0.833. The summed E-state index contributed by atoms with van der Waals surface area (Å²) in [7, 11) is 0. The van der Waals surface area contributed by atoms with E-state index in [1.165, 1.54) is 11.8 Å². The lowest BCUT2D eigenvalue weighted by atomic mass is 10.1. The van der Waals surface area contributed by atoms with Crippen molar-refractivity contribution >= 4 is 17.7 Å². The molecule has 0 unspecified atom stereocenters. The molecule has 1 heterocycles. The summed E-state index contributed by atoms with van der Waals surface area (Å²) < 4.78 is 1.80. The van der Waals surface area contributed by atoms with E-state index in [1.807, 2.05) is 6.92 Å². The van der Waals surface area contributed by atoms with Gasteiger partial charge in [0.2, 0.25) is 11.1 Å². The summed E-state index contributed by atoms with van der Waals surface area (Å²) in [4.78, 5) is 13.8. The van der Waals surface area contributed by atoms with E-state index in [0.717, 1.165) is 12.8 Å². The molecule has 0 radical (unpaired) electrons. The van der Waals surface area contributed by atoms with Gasteiger partial charge in [0.1, 0.15) is 0 Å². The van der Waals surface area contributed by atoms with Crippen LogP contribution in [0.15, 0.2) is 5.16 Å². The average molecular weight is 299 g/mol. The van der Waals surface area contributed by atoms with E-state index < -0.39 is 5.60 Å². The number of hydrogen-bond donors (Lipinski definition) is 1. The van der Waals surface area contributed by atoms with E-state index in [-0.39, 0.29) is 11.7 Å². The Bertz CT molecular complexity index is 467. The van der Waals surface area contributed by atoms with Crippen LogP contribution < -0.4 is 0 Å². The van der Waals surface area contributed by atoms with Gasteiger partial charge in [-0.05, 0) is 44.0 Å². The predicted octanol–water partition coefficient (Wildman–Crippen LogP) is 0.719. The van der Waals surface area contributed by atoms with Gasteiger partial charge < -0.3 is 10.0 Å². The van der Waals surface area contributed by atoms with Gasteiger partial charge in [-0.25, -0.2) is 4.68 Å². The minimum atomic E-state index is -0.883. The van der Waals surface area contributed by atoms with Crippen molar-refractivity contribution in [2.45, 2.75) is 50.4 Å². The second-order valence-electron chi connectivity index (χ2n) is 5.65. The molecular weight excluding hydrogens is 278 g/mol. The number of nitrogens with zero attached hydrogens (tertiary/aromatic N) is 5. The number of hydrogen-bond acceptors (Lipinski definition) is 6. The van der Waals surface area contributed by atoms with Crippen LogP contribution in [0.25, 0.3) is 0 Å². The molecule has 1 fully saturated rings. The van der Waals surface area contributed by atoms with Crippen LogP contribution in [-0.4, -0.2) is 60.6 Å². The molecule has 0 aromatic carbocycles. The second-order valence-corrected chi connectivity index (χ2v) is 6.59. The molecule has 8 heteroatoms. The molecule has 2 rings (SSSR count). The van der Waals surface area contributed by atoms with E-state index >= 15 is 0 Å². The van der Waals surface area contributed by atoms with Crippen LogP contribution in [0.4, 0.5) is 0 Å². The number of carbonyl (C=O) groups excluding carboxylic acids is 1. The van der Waals surface area contributed by atoms with Crippen molar-refractivity contribution in [3.63, 3.8) is 0 Å². The lowest BCUT2D eigenvalue weighted by Gasteiger charge is -2.27. The van der Waals surface area contributed by atoms with E-state index in [1.54, 1.807) is 23.4 Å². The molecule has 7 nitrogen and oxygen atoms in total. The Morgan fingerprint density at radius 2 is 2.25 bits per heavy atom. The zero-order valence-electron chi connectivity index (χ0n) is 12.1. The molecule has 112 valence electrons. The minimum Gasteiger partial charge on any atom is -0.389 e. The van der Waals surface area contributed by atoms with Gasteiger partial charge in [-0.3, -0.25) is 4.79 Å². The Labute approximate surface area is 122 Å². The fourth-order valence-corrected chi connectivity index (χ4v) is 2.74. The van der Waals surface area contributed by atoms with Crippen LogP contribution in [0.1, 0.15) is 39.7 Å². The van der Waals surface area contributed by atoms with Crippen LogP contribution >= 0.6 is 11.8 Å². The first-order chi connectivity index (χ1) is 9.40. The van der Waals surface area contributed by atoms with Crippen LogP contribution in [0.5, 0.6) is 0 Å². The molecule has 0 spiro atoms. The first kappa shape index (κ1) is 15.2. The molecule has 1 N–H and O–H groups in total. The molecule has 1 aliphatic carbocycles. The van der Waals surface area contributed by atoms with Crippen LogP contribution in [0.2, 0.25) is 0 Å². The Hall–Kier alpha value is -1.15. The van der Waals surface area contributed by atoms with Gasteiger partial charge in [0.25, 0.3) is 0 Å². The second kappa shape index (κ2) is 6.09. The maximum absolute atomic E-state index is 12.2. The number of amides is 1. The van der Waals surface area contributed by atoms with E-state index in [2.05, 4.69) is 15.5 Å². The van der Waals surface area contributed by atoms with Crippen LogP contribution in [-0.2, 0) is 4.79 Å². The van der Waals surface area contributed by atoms with Crippen molar-refractivity contribution in [2.24, 2.45) is 0 Å². The SMILES string of the molecule is CCN(CC(C)(C)O)C(=O)CSc1nnnn1C1CC1. The maximum Gasteiger partial charge on any atom is 0.233 e. The van der Waals surface area contributed by atoms with Crippen molar-refractivity contribution in [3.05, 3.63) is 0 Å². The van der Waals surface area contributed by atoms with Crippen molar-refractivity contribution in [2.75, 3.05) is 18.8 Å². The average Bonchev–Trinajstić information content (AvgIpc) is 3.11. The minimum absolute atomic E-state index is 0.00929. The predicted molar refractivity (Wildman–Crippen MR) is 75.4 cm³/mol. The van der Waals surface area contributed by atoms with Crippen molar-refractivity contribution in [1.29, 1.82) is 0 Å². The highest BCUT2D eigenvalue weighted by Crippen LogP contribution is 2.36. The highest BCUT2D eigenvalue weighted by molar-refractivity contribution is 7.99. The van der Waals surface area contributed by atoms with Gasteiger partial charge in [0.05, 0.1) is 17.4 Å². The third kappa shape index (κ3) is 4.17. The largest absolute Gasteiger partial charge is 0.389 e. The quantitative estimate of drug-likeness (QED) is 0.747. The summed E-state index contributed by atoms with van der Waals surface area (Å²) in [5.74, 6) is 0.279. The maximum atomic E-state index is 12.2. The third-order valence-corrected chi connectivity index (χ3v) is 3.91. The molecule has 1 aliphatic rings. The molecule has 1 aromatic rings. The highest BCUT2D eigenvalue weighted by atomic mass is 32.2. The lowest BCUT2D eigenvalue weighted by molar-refractivity contribution is -0.131. The smallest absolute Gasteiger partial charge is 0.233 e. The van der Waals surface area contributed by atoms with Crippen LogP contribution in [0.3, 0.4) is 0 Å². The van der Waals surface area contributed by atoms with E-state index in [4.69, 9.17) is 0 Å². The van der Waals surface area contributed by atoms with Crippen molar-refractivity contribution < 1.29 is 9.90 Å². The molecule has 1 saturated carbocycles. The molecule has 0 saturated heterocycles. The van der Waals surface area contributed by atoms with E-state index in [0.29, 0.717) is 24.3 Å². The number of carbonyl (C=O) groups is 1. The molecule has 20 heavy (non-hydrogen) atoms. The Kier molecular flexibility index (Phi) is 4.64. The van der Waals surface area contributed by atoms with Gasteiger partial charge in [-0.15, -0.1) is 5.10 Å². The lowest BCUT2D eigenvalue weighted by Crippen LogP contribution is -2.42. The standard InChI is InChI=1S/C12H21N5O2S/c1-4-16(8-12(2,3)19)10(18)7-20-11-13-14-15-17(11)9-5-6-9/h9,19H,4-8H2,1-3H3. The van der Waals surface area contributed by atoms with Crippen molar-refractivity contribution in [3.8, 4) is 0 Å². The highest BCUT2D eigenvalue weighted by Gasteiger charge is 2.28. The summed E-state index contributed by atoms with van der Waals surface area (Å²) in [5, 5.41) is 22.1. The molecule has 1 aromatic heterocycles. The summed E-state index contributed by atoms with van der Waals surface area (Å²) >= 11 is 1.35. The van der Waals surface area contributed by atoms with Gasteiger partial charge >= 0.3 is 0 Å². The molecular formula is C12H21N5O2S. The zero-order valence-corrected chi connectivity index (χ0v) is 12.9. The molecule has 0 aliphatic heterocycles. The number of tetrazole rings is 1. The number of rotatable bonds is 7. The summed E-state index contributed by atoms with van der Waals surface area (Å²) in [6.07, 6.45) is 2.21. The molecule has 0 bridgehead atoms. The number of likely N-dealkylation sites (N-methyl/N-ethyl adjacent to an activating group) is 1. The fourth-order valence-electron chi connectivity index (χ4n) is 1.89. The molecule has 1 amide bonds. The summed E-state index contributed by atoms with van der Waals surface area (Å²) in [6.45, 7) is 6.21. The monoisotopic (exact) mass is 299 g/mol. The van der Waals surface area contributed by atoms with Crippen LogP contribution in [0, 0.1) is 0 Å². The van der Waals surface area contributed by atoms with Gasteiger partial charge in [-0.2, -0.15) is 0 Å². The first-order valence-corrected chi connectivity index (χ1v) is 7.80. The Morgan fingerprint density at radius 1 is 1.55 bits per heavy atom. The summed E-state index contributed by atoms with van der Waals surface area (Å²) in [5.41, 5.74) is -0.883. The van der Waals surface area contributed by atoms with Gasteiger partial charge in [0, 0.05) is 13.1 Å². The summed E-state index contributed by atoms with van der Waals surface area (Å²) in [6, 6.07) is 0.404. The number of aromatic nitrogens is 4. The van der Waals surface area contributed by atoms with Gasteiger partial charge in [-0.1, -0.05) is 11.8 Å². The van der Waals surface area contributed by atoms with Gasteiger partial charge in [0.15, 0.2) is 0 Å².